The molecular formula is C12H14O2S. The van der Waals surface area contributed by atoms with Crippen molar-refractivity contribution < 1.29 is 9.53 Å². The molecule has 0 radical (unpaired) electrons. The summed E-state index contributed by atoms with van der Waals surface area (Å²) in [5, 5.41) is 3.20. The molecule has 15 heavy (non-hydrogen) atoms. The summed E-state index contributed by atoms with van der Waals surface area (Å²) in [4.78, 5) is 11.3. The molecule has 0 aliphatic carbocycles. The molecule has 0 N–H and O–H groups in total. The minimum Gasteiger partial charge on any atom is -0.465 e. The molecule has 2 nitrogen and oxygen atoms in total. The first-order chi connectivity index (χ1) is 7.04. The van der Waals surface area contributed by atoms with E-state index in [0.717, 1.165) is 11.1 Å². The molecule has 0 atom stereocenters. The second-order valence-corrected chi connectivity index (χ2v) is 4.74. The topological polar surface area (TPSA) is 26.3 Å². The lowest BCUT2D eigenvalue weighted by atomic mass is 10.1. The molecule has 0 saturated heterocycles. The molecule has 0 amide bonds. The van der Waals surface area contributed by atoms with Crippen LogP contribution >= 0.6 is 9.89 Å². The quantitative estimate of drug-likeness (QED) is 0.539. The van der Waals surface area contributed by atoms with Gasteiger partial charge in [-0.2, -0.15) is 9.89 Å². The molecule has 1 rings (SSSR count). The first-order valence-electron chi connectivity index (χ1n) is 4.46. The molecule has 0 aliphatic rings. The maximum Gasteiger partial charge on any atom is 0.337 e. The third kappa shape index (κ3) is 3.01. The molecule has 0 bridgehead atoms. The zero-order valence-electron chi connectivity index (χ0n) is 9.16. The molecule has 1 aromatic carbocycles. The number of carbonyl (C=O) groups excluding carboxylic acids is 1. The van der Waals surface area contributed by atoms with Crippen LogP contribution in [0.25, 0.3) is 0 Å². The Hall–Kier alpha value is -1.44. The summed E-state index contributed by atoms with van der Waals surface area (Å²) in [6.07, 6.45) is 1.98. The smallest absolute Gasteiger partial charge is 0.337 e. The third-order valence-corrected chi connectivity index (χ3v) is 2.51. The Labute approximate surface area is 92.0 Å². The van der Waals surface area contributed by atoms with Crippen LogP contribution in [-0.2, 0) is 4.74 Å². The average molecular weight is 222 g/mol. The Morgan fingerprint density at radius 3 is 2.73 bits per heavy atom. The molecule has 1 aromatic rings. The SMILES string of the molecule is C=S(C)#Cc1cc(C(=O)OC)ccc1C. The van der Waals surface area contributed by atoms with Gasteiger partial charge < -0.3 is 4.74 Å². The van der Waals surface area contributed by atoms with Gasteiger partial charge in [0.2, 0.25) is 0 Å². The van der Waals surface area contributed by atoms with Crippen LogP contribution < -0.4 is 0 Å². The van der Waals surface area contributed by atoms with E-state index in [9.17, 15) is 4.79 Å². The number of rotatable bonds is 1. The molecule has 3 heteroatoms. The van der Waals surface area contributed by atoms with E-state index in [0.29, 0.717) is 5.56 Å². The van der Waals surface area contributed by atoms with Gasteiger partial charge in [-0.3, -0.25) is 0 Å². The predicted molar refractivity (Wildman–Crippen MR) is 66.1 cm³/mol. The largest absolute Gasteiger partial charge is 0.465 e. The van der Waals surface area contributed by atoms with Crippen molar-refractivity contribution in [2.75, 3.05) is 13.4 Å². The van der Waals surface area contributed by atoms with Crippen molar-refractivity contribution in [1.29, 1.82) is 0 Å². The van der Waals surface area contributed by atoms with E-state index in [-0.39, 0.29) is 15.9 Å². The first kappa shape index (κ1) is 11.6. The number of methoxy groups -OCH3 is 1. The summed E-state index contributed by atoms with van der Waals surface area (Å²) in [5.74, 6) is 3.55. The minimum absolute atomic E-state index is 0.152. The number of hydrogen-bond acceptors (Lipinski definition) is 2. The summed E-state index contributed by atoms with van der Waals surface area (Å²) in [7, 11) is 1.22. The van der Waals surface area contributed by atoms with E-state index in [1.54, 1.807) is 12.1 Å². The maximum atomic E-state index is 11.3. The fraction of sp³-hybridized carbons (Fsp3) is 0.250. The number of hydrogen-bond donors (Lipinski definition) is 0. The summed E-state index contributed by atoms with van der Waals surface area (Å²) in [6, 6.07) is 5.43. The summed E-state index contributed by atoms with van der Waals surface area (Å²) >= 11 is 0. The zero-order valence-corrected chi connectivity index (χ0v) is 9.98. The van der Waals surface area contributed by atoms with E-state index in [4.69, 9.17) is 0 Å². The predicted octanol–water partition coefficient (Wildman–Crippen LogP) is 2.42. The highest BCUT2D eigenvalue weighted by Crippen LogP contribution is 2.12. The fourth-order valence-corrected chi connectivity index (χ4v) is 1.76. The average Bonchev–Trinajstić information content (AvgIpc) is 2.19. The zero-order chi connectivity index (χ0) is 11.4. The van der Waals surface area contributed by atoms with Crippen LogP contribution in [-0.4, -0.2) is 25.2 Å². The van der Waals surface area contributed by atoms with Gasteiger partial charge in [-0.1, -0.05) is 17.1 Å². The van der Waals surface area contributed by atoms with Gasteiger partial charge in [0.1, 0.15) is 0 Å². The molecule has 0 heterocycles. The lowest BCUT2D eigenvalue weighted by molar-refractivity contribution is 0.0600. The lowest BCUT2D eigenvalue weighted by Crippen LogP contribution is -2.01. The van der Waals surface area contributed by atoms with Gasteiger partial charge in [-0.25, -0.2) is 4.79 Å². The van der Waals surface area contributed by atoms with Crippen LogP contribution in [0.5, 0.6) is 0 Å². The van der Waals surface area contributed by atoms with Gasteiger partial charge in [0.25, 0.3) is 0 Å². The second kappa shape index (κ2) is 4.87. The standard InChI is InChI=1S/C12H14O2S/c1-9-5-6-10(12(13)14-2)7-11(9)8-15(3)4/h5-7H,3H2,1-2,4H3. The number of aryl methyl sites for hydroxylation is 1. The van der Waals surface area contributed by atoms with Crippen LogP contribution in [0.1, 0.15) is 21.5 Å². The normalized spacial score (nSPS) is 9.27. The van der Waals surface area contributed by atoms with Crippen molar-refractivity contribution in [3.05, 3.63) is 34.9 Å². The Kier molecular flexibility index (Phi) is 3.78. The van der Waals surface area contributed by atoms with Crippen LogP contribution in [0.3, 0.4) is 0 Å². The van der Waals surface area contributed by atoms with Crippen molar-refractivity contribution in [3.8, 4) is 5.18 Å². The van der Waals surface area contributed by atoms with E-state index >= 15 is 0 Å². The second-order valence-electron chi connectivity index (χ2n) is 3.26. The Morgan fingerprint density at radius 2 is 2.20 bits per heavy atom. The van der Waals surface area contributed by atoms with Gasteiger partial charge in [-0.05, 0) is 30.9 Å². The highest BCUT2D eigenvalue weighted by atomic mass is 32.2. The molecule has 0 fully saturated rings. The van der Waals surface area contributed by atoms with Crippen LogP contribution in [0.2, 0.25) is 0 Å². The van der Waals surface area contributed by atoms with Crippen molar-refractivity contribution in [2.45, 2.75) is 6.92 Å². The molecular weight excluding hydrogens is 208 g/mol. The van der Waals surface area contributed by atoms with E-state index in [1.807, 2.05) is 19.2 Å². The number of ether oxygens (including phenoxy) is 1. The number of benzene rings is 1. The molecule has 0 aromatic heterocycles. The van der Waals surface area contributed by atoms with Gasteiger partial charge in [0.15, 0.2) is 0 Å². The fourth-order valence-electron chi connectivity index (χ4n) is 1.16. The van der Waals surface area contributed by atoms with Gasteiger partial charge in [0.05, 0.1) is 12.7 Å². The Morgan fingerprint density at radius 1 is 1.53 bits per heavy atom. The van der Waals surface area contributed by atoms with Crippen molar-refractivity contribution in [3.63, 3.8) is 0 Å². The Bertz CT molecular complexity index is 521. The molecule has 0 aliphatic heterocycles. The van der Waals surface area contributed by atoms with E-state index in [2.05, 4.69) is 15.8 Å². The highest BCUT2D eigenvalue weighted by molar-refractivity contribution is 8.03. The van der Waals surface area contributed by atoms with Crippen LogP contribution in [0.15, 0.2) is 18.2 Å². The van der Waals surface area contributed by atoms with Crippen molar-refractivity contribution in [2.24, 2.45) is 0 Å². The third-order valence-electron chi connectivity index (χ3n) is 1.94. The van der Waals surface area contributed by atoms with Crippen LogP contribution in [0.4, 0.5) is 0 Å². The van der Waals surface area contributed by atoms with E-state index < -0.39 is 0 Å². The van der Waals surface area contributed by atoms with Gasteiger partial charge in [0, 0.05) is 5.56 Å². The first-order valence-corrected chi connectivity index (χ1v) is 6.26. The molecule has 80 valence electrons. The highest BCUT2D eigenvalue weighted by Gasteiger charge is 2.06. The van der Waals surface area contributed by atoms with Crippen molar-refractivity contribution >= 4 is 21.7 Å². The molecule has 0 unspecified atom stereocenters. The number of esters is 1. The monoisotopic (exact) mass is 222 g/mol. The minimum atomic E-state index is -0.321. The summed E-state index contributed by atoms with van der Waals surface area (Å²) in [6.45, 7) is 1.98. The number of carbonyl (C=O) groups is 1. The summed E-state index contributed by atoms with van der Waals surface area (Å²) < 4.78 is 4.66. The summed E-state index contributed by atoms with van der Waals surface area (Å²) in [5.41, 5.74) is 2.57. The maximum absolute atomic E-state index is 11.3. The Balaban J connectivity index is 3.29. The van der Waals surface area contributed by atoms with Gasteiger partial charge >= 0.3 is 5.97 Å². The van der Waals surface area contributed by atoms with Crippen molar-refractivity contribution in [1.82, 2.24) is 0 Å². The molecule has 0 spiro atoms. The van der Waals surface area contributed by atoms with E-state index in [1.165, 1.54) is 7.11 Å². The molecule has 0 saturated carbocycles. The van der Waals surface area contributed by atoms with Crippen LogP contribution in [0, 0.1) is 12.1 Å². The van der Waals surface area contributed by atoms with Gasteiger partial charge in [-0.15, -0.1) is 0 Å². The lowest BCUT2D eigenvalue weighted by Gasteiger charge is -2.02.